The van der Waals surface area contributed by atoms with E-state index in [1.165, 1.54) is 12.1 Å². The summed E-state index contributed by atoms with van der Waals surface area (Å²) >= 11 is 0. The number of carbonyl (C=O) groups excluding carboxylic acids is 1. The fourth-order valence-corrected chi connectivity index (χ4v) is 2.81. The van der Waals surface area contributed by atoms with Gasteiger partial charge in [-0.25, -0.2) is 9.37 Å². The number of aryl methyl sites for hydroxylation is 1. The lowest BCUT2D eigenvalue weighted by Crippen LogP contribution is -2.13. The molecule has 1 N–H and O–H groups in total. The van der Waals surface area contributed by atoms with Gasteiger partial charge in [0.15, 0.2) is 0 Å². The number of carbonyl (C=O) groups is 1. The number of nitrogens with zero attached hydrogens (tertiary/aromatic N) is 2. The number of anilines is 1. The molecule has 2 aromatic heterocycles. The van der Waals surface area contributed by atoms with Crippen LogP contribution in [0.1, 0.15) is 38.2 Å². The molecule has 1 aromatic carbocycles. The van der Waals surface area contributed by atoms with Crippen molar-refractivity contribution in [3.8, 4) is 11.3 Å². The summed E-state index contributed by atoms with van der Waals surface area (Å²) in [5.41, 5.74) is 3.26. The molecule has 4 nitrogen and oxygen atoms in total. The molecule has 0 aliphatic rings. The molecule has 0 radical (unpaired) electrons. The first-order valence-electron chi connectivity index (χ1n) is 8.63. The van der Waals surface area contributed by atoms with Crippen molar-refractivity contribution in [3.05, 3.63) is 54.0 Å². The van der Waals surface area contributed by atoms with Crippen LogP contribution in [-0.2, 0) is 4.79 Å². The summed E-state index contributed by atoms with van der Waals surface area (Å²) < 4.78 is 15.1. The number of imidazole rings is 1. The standard InChI is InChI=1S/C20H22FN3O/c1-3-4-5-6-18(25)23-20-19(15-7-9-16(21)10-8-15)22-17-13-14(2)11-12-24(17)20/h7-13H,3-6H2,1-2H3,(H,23,25). The molecular formula is C20H22FN3O. The molecule has 3 rings (SSSR count). The Kier molecular flexibility index (Phi) is 5.12. The molecule has 0 aliphatic heterocycles. The van der Waals surface area contributed by atoms with Crippen molar-refractivity contribution < 1.29 is 9.18 Å². The van der Waals surface area contributed by atoms with E-state index >= 15 is 0 Å². The fraction of sp³-hybridized carbons (Fsp3) is 0.300. The lowest BCUT2D eigenvalue weighted by molar-refractivity contribution is -0.116. The molecule has 3 aromatic rings. The van der Waals surface area contributed by atoms with Gasteiger partial charge in [-0.15, -0.1) is 0 Å². The van der Waals surface area contributed by atoms with Gasteiger partial charge in [-0.3, -0.25) is 9.20 Å². The van der Waals surface area contributed by atoms with E-state index in [9.17, 15) is 9.18 Å². The third-order valence-electron chi connectivity index (χ3n) is 4.16. The molecule has 0 bridgehead atoms. The largest absolute Gasteiger partial charge is 0.310 e. The van der Waals surface area contributed by atoms with Gasteiger partial charge in [0, 0.05) is 18.2 Å². The Morgan fingerprint density at radius 2 is 1.96 bits per heavy atom. The number of pyridine rings is 1. The minimum Gasteiger partial charge on any atom is -0.310 e. The van der Waals surface area contributed by atoms with Crippen LogP contribution >= 0.6 is 0 Å². The molecule has 0 atom stereocenters. The van der Waals surface area contributed by atoms with Crippen molar-refractivity contribution in [2.75, 3.05) is 5.32 Å². The second kappa shape index (κ2) is 7.47. The summed E-state index contributed by atoms with van der Waals surface area (Å²) in [5, 5.41) is 2.99. The van der Waals surface area contributed by atoms with E-state index in [-0.39, 0.29) is 11.7 Å². The summed E-state index contributed by atoms with van der Waals surface area (Å²) in [5.74, 6) is 0.302. The van der Waals surface area contributed by atoms with Crippen LogP contribution < -0.4 is 5.32 Å². The van der Waals surface area contributed by atoms with Gasteiger partial charge < -0.3 is 5.32 Å². The first-order chi connectivity index (χ1) is 12.1. The molecule has 0 unspecified atom stereocenters. The van der Waals surface area contributed by atoms with Crippen LogP contribution in [0.25, 0.3) is 16.9 Å². The highest BCUT2D eigenvalue weighted by Gasteiger charge is 2.16. The number of hydrogen-bond acceptors (Lipinski definition) is 2. The van der Waals surface area contributed by atoms with Crippen molar-refractivity contribution in [2.24, 2.45) is 0 Å². The van der Waals surface area contributed by atoms with Gasteiger partial charge in [0.25, 0.3) is 0 Å². The quantitative estimate of drug-likeness (QED) is 0.645. The number of amides is 1. The van der Waals surface area contributed by atoms with Crippen LogP contribution in [0.15, 0.2) is 42.6 Å². The van der Waals surface area contributed by atoms with Gasteiger partial charge in [0.1, 0.15) is 23.0 Å². The average molecular weight is 339 g/mol. The maximum absolute atomic E-state index is 13.2. The summed E-state index contributed by atoms with van der Waals surface area (Å²) in [7, 11) is 0. The van der Waals surface area contributed by atoms with E-state index < -0.39 is 0 Å². The van der Waals surface area contributed by atoms with Gasteiger partial charge >= 0.3 is 0 Å². The zero-order chi connectivity index (χ0) is 17.8. The van der Waals surface area contributed by atoms with Gasteiger partial charge in [0.05, 0.1) is 0 Å². The monoisotopic (exact) mass is 339 g/mol. The molecule has 0 spiro atoms. The first-order valence-corrected chi connectivity index (χ1v) is 8.63. The highest BCUT2D eigenvalue weighted by atomic mass is 19.1. The minimum atomic E-state index is -0.298. The van der Waals surface area contributed by atoms with E-state index in [4.69, 9.17) is 0 Å². The summed E-state index contributed by atoms with van der Waals surface area (Å²) in [6.45, 7) is 4.10. The van der Waals surface area contributed by atoms with Crippen molar-refractivity contribution in [3.63, 3.8) is 0 Å². The number of aromatic nitrogens is 2. The van der Waals surface area contributed by atoms with E-state index in [2.05, 4.69) is 17.2 Å². The second-order valence-electron chi connectivity index (χ2n) is 6.25. The molecule has 130 valence electrons. The van der Waals surface area contributed by atoms with E-state index in [1.54, 1.807) is 12.1 Å². The molecular weight excluding hydrogens is 317 g/mol. The number of hydrogen-bond donors (Lipinski definition) is 1. The predicted octanol–water partition coefficient (Wildman–Crippen LogP) is 4.97. The Hall–Kier alpha value is -2.69. The molecule has 25 heavy (non-hydrogen) atoms. The van der Waals surface area contributed by atoms with Crippen molar-refractivity contribution in [1.29, 1.82) is 0 Å². The van der Waals surface area contributed by atoms with Crippen molar-refractivity contribution >= 4 is 17.4 Å². The Morgan fingerprint density at radius 3 is 2.68 bits per heavy atom. The first kappa shape index (κ1) is 17.1. The van der Waals surface area contributed by atoms with Gasteiger partial charge in [-0.05, 0) is 55.3 Å². The average Bonchev–Trinajstić information content (AvgIpc) is 2.93. The third kappa shape index (κ3) is 3.87. The van der Waals surface area contributed by atoms with Crippen LogP contribution in [0.2, 0.25) is 0 Å². The fourth-order valence-electron chi connectivity index (χ4n) is 2.81. The molecule has 0 saturated carbocycles. The normalized spacial score (nSPS) is 11.0. The Bertz CT molecular complexity index is 884. The minimum absolute atomic E-state index is 0.0285. The molecule has 5 heteroatoms. The van der Waals surface area contributed by atoms with Crippen LogP contribution in [0, 0.1) is 12.7 Å². The van der Waals surface area contributed by atoms with Crippen LogP contribution in [0.5, 0.6) is 0 Å². The Balaban J connectivity index is 2.00. The number of nitrogens with one attached hydrogen (secondary N) is 1. The lowest BCUT2D eigenvalue weighted by Gasteiger charge is -2.08. The van der Waals surface area contributed by atoms with Crippen LogP contribution in [0.3, 0.4) is 0 Å². The Morgan fingerprint density at radius 1 is 1.20 bits per heavy atom. The molecule has 0 saturated heterocycles. The predicted molar refractivity (Wildman–Crippen MR) is 98.1 cm³/mol. The van der Waals surface area contributed by atoms with E-state index in [0.29, 0.717) is 17.9 Å². The van der Waals surface area contributed by atoms with Crippen molar-refractivity contribution in [2.45, 2.75) is 39.5 Å². The van der Waals surface area contributed by atoms with E-state index in [1.807, 2.05) is 29.7 Å². The summed E-state index contributed by atoms with van der Waals surface area (Å²) in [6.07, 6.45) is 5.35. The zero-order valence-corrected chi connectivity index (χ0v) is 14.6. The number of rotatable bonds is 6. The topological polar surface area (TPSA) is 46.4 Å². The Labute approximate surface area is 146 Å². The SMILES string of the molecule is CCCCCC(=O)Nc1c(-c2ccc(F)cc2)nc2cc(C)ccn12. The maximum atomic E-state index is 13.2. The highest BCUT2D eigenvalue weighted by Crippen LogP contribution is 2.29. The highest BCUT2D eigenvalue weighted by molar-refractivity contribution is 5.94. The van der Waals surface area contributed by atoms with Crippen LogP contribution in [-0.4, -0.2) is 15.3 Å². The van der Waals surface area contributed by atoms with E-state index in [0.717, 1.165) is 36.0 Å². The van der Waals surface area contributed by atoms with Gasteiger partial charge in [-0.1, -0.05) is 19.8 Å². The maximum Gasteiger partial charge on any atom is 0.225 e. The summed E-state index contributed by atoms with van der Waals surface area (Å²) in [4.78, 5) is 17.0. The number of unbranched alkanes of at least 4 members (excludes halogenated alkanes) is 2. The van der Waals surface area contributed by atoms with Gasteiger partial charge in [-0.2, -0.15) is 0 Å². The van der Waals surface area contributed by atoms with Gasteiger partial charge in [0.2, 0.25) is 5.91 Å². The van der Waals surface area contributed by atoms with Crippen LogP contribution in [0.4, 0.5) is 10.2 Å². The number of fused-ring (bicyclic) bond motifs is 1. The third-order valence-corrected chi connectivity index (χ3v) is 4.16. The molecule has 0 fully saturated rings. The molecule has 1 amide bonds. The van der Waals surface area contributed by atoms with Crippen molar-refractivity contribution in [1.82, 2.24) is 9.38 Å². The summed E-state index contributed by atoms with van der Waals surface area (Å²) in [6, 6.07) is 10.1. The zero-order valence-electron chi connectivity index (χ0n) is 14.6. The number of halogens is 1. The second-order valence-corrected chi connectivity index (χ2v) is 6.25. The smallest absolute Gasteiger partial charge is 0.225 e. The molecule has 2 heterocycles. The molecule has 0 aliphatic carbocycles. The lowest BCUT2D eigenvalue weighted by atomic mass is 10.1. The number of benzene rings is 1.